The van der Waals surface area contributed by atoms with Crippen molar-refractivity contribution in [3.8, 4) is 11.3 Å². The second-order valence-electron chi connectivity index (χ2n) is 4.82. The van der Waals surface area contributed by atoms with E-state index in [4.69, 9.17) is 0 Å². The Labute approximate surface area is 123 Å². The van der Waals surface area contributed by atoms with Crippen molar-refractivity contribution in [2.75, 3.05) is 0 Å². The highest BCUT2D eigenvalue weighted by Crippen LogP contribution is 2.20. The Hall–Kier alpha value is -1.94. The molecule has 0 aliphatic rings. The molecule has 0 saturated carbocycles. The third kappa shape index (κ3) is 3.33. The highest BCUT2D eigenvalue weighted by Gasteiger charge is 2.06. The van der Waals surface area contributed by atoms with Crippen molar-refractivity contribution in [3.63, 3.8) is 0 Å². The van der Waals surface area contributed by atoms with Gasteiger partial charge < -0.3 is 4.57 Å². The zero-order chi connectivity index (χ0) is 14.5. The molecule has 0 aliphatic heterocycles. The first-order valence-electron chi connectivity index (χ1n) is 6.53. The van der Waals surface area contributed by atoms with Gasteiger partial charge in [-0.25, -0.2) is 0 Å². The number of aromatic nitrogens is 1. The standard InChI is InChI=1S/C16H19N3S/c1-5-10-19-15(14-8-6-13(4)7-9-14)11-20-16(19)18-17-12(2)3/h5-9,11H,1,10H2,2-4H3/b18-16-. The third-order valence-electron chi connectivity index (χ3n) is 2.79. The van der Waals surface area contributed by atoms with Gasteiger partial charge in [0.25, 0.3) is 0 Å². The molecule has 4 heteroatoms. The molecule has 0 bridgehead atoms. The van der Waals surface area contributed by atoms with Gasteiger partial charge in [0.1, 0.15) is 0 Å². The molecule has 104 valence electrons. The number of rotatable bonds is 4. The van der Waals surface area contributed by atoms with Crippen LogP contribution >= 0.6 is 11.3 Å². The van der Waals surface area contributed by atoms with Gasteiger partial charge in [-0.1, -0.05) is 35.9 Å². The molecule has 1 aromatic heterocycles. The first-order chi connectivity index (χ1) is 9.61. The lowest BCUT2D eigenvalue weighted by Gasteiger charge is -2.06. The maximum absolute atomic E-state index is 4.31. The maximum atomic E-state index is 4.31. The molecular weight excluding hydrogens is 266 g/mol. The average Bonchev–Trinajstić information content (AvgIpc) is 2.81. The van der Waals surface area contributed by atoms with E-state index in [1.807, 2.05) is 19.9 Å². The Morgan fingerprint density at radius 3 is 2.60 bits per heavy atom. The van der Waals surface area contributed by atoms with Crippen molar-refractivity contribution in [2.24, 2.45) is 10.2 Å². The largest absolute Gasteiger partial charge is 0.311 e. The number of hydrogen-bond acceptors (Lipinski definition) is 3. The van der Waals surface area contributed by atoms with Crippen LogP contribution in [0.2, 0.25) is 0 Å². The Morgan fingerprint density at radius 2 is 2.00 bits per heavy atom. The second-order valence-corrected chi connectivity index (χ2v) is 5.65. The molecule has 2 rings (SSSR count). The van der Waals surface area contributed by atoms with E-state index < -0.39 is 0 Å². The van der Waals surface area contributed by atoms with Crippen molar-refractivity contribution in [3.05, 3.63) is 52.7 Å². The fraction of sp³-hybridized carbons (Fsp3) is 0.250. The van der Waals surface area contributed by atoms with Crippen LogP contribution in [0.3, 0.4) is 0 Å². The smallest absolute Gasteiger partial charge is 0.211 e. The molecule has 1 aromatic carbocycles. The van der Waals surface area contributed by atoms with E-state index in [2.05, 4.69) is 57.9 Å². The molecule has 0 radical (unpaired) electrons. The summed E-state index contributed by atoms with van der Waals surface area (Å²) in [5.74, 6) is 0. The van der Waals surface area contributed by atoms with Gasteiger partial charge in [-0.15, -0.1) is 23.0 Å². The predicted octanol–water partition coefficient (Wildman–Crippen LogP) is 4.01. The van der Waals surface area contributed by atoms with E-state index in [0.29, 0.717) is 0 Å². The zero-order valence-electron chi connectivity index (χ0n) is 12.1. The van der Waals surface area contributed by atoms with Crippen LogP contribution in [0.1, 0.15) is 19.4 Å². The fourth-order valence-electron chi connectivity index (χ4n) is 1.81. The normalized spacial score (nSPS) is 11.4. The zero-order valence-corrected chi connectivity index (χ0v) is 12.9. The molecule has 1 heterocycles. The summed E-state index contributed by atoms with van der Waals surface area (Å²) in [6.07, 6.45) is 1.88. The molecule has 0 saturated heterocycles. The molecule has 2 aromatic rings. The van der Waals surface area contributed by atoms with Gasteiger partial charge in [0.2, 0.25) is 4.80 Å². The summed E-state index contributed by atoms with van der Waals surface area (Å²) in [6, 6.07) is 8.51. The minimum atomic E-state index is 0.726. The Morgan fingerprint density at radius 1 is 1.30 bits per heavy atom. The van der Waals surface area contributed by atoms with Crippen molar-refractivity contribution in [1.29, 1.82) is 0 Å². The topological polar surface area (TPSA) is 29.6 Å². The van der Waals surface area contributed by atoms with E-state index in [0.717, 1.165) is 22.8 Å². The van der Waals surface area contributed by atoms with Crippen molar-refractivity contribution in [2.45, 2.75) is 27.3 Å². The minimum Gasteiger partial charge on any atom is -0.311 e. The third-order valence-corrected chi connectivity index (χ3v) is 3.65. The van der Waals surface area contributed by atoms with Crippen LogP contribution in [0.5, 0.6) is 0 Å². The molecule has 3 nitrogen and oxygen atoms in total. The van der Waals surface area contributed by atoms with Gasteiger partial charge >= 0.3 is 0 Å². The van der Waals surface area contributed by atoms with Gasteiger partial charge in [0, 0.05) is 17.6 Å². The van der Waals surface area contributed by atoms with Crippen LogP contribution in [-0.4, -0.2) is 10.3 Å². The van der Waals surface area contributed by atoms with Crippen LogP contribution in [0.25, 0.3) is 11.3 Å². The maximum Gasteiger partial charge on any atom is 0.211 e. The van der Waals surface area contributed by atoms with Crippen LogP contribution in [-0.2, 0) is 6.54 Å². The lowest BCUT2D eigenvalue weighted by molar-refractivity contribution is 0.788. The van der Waals surface area contributed by atoms with E-state index >= 15 is 0 Å². The van der Waals surface area contributed by atoms with Gasteiger partial charge in [-0.3, -0.25) is 0 Å². The summed E-state index contributed by atoms with van der Waals surface area (Å²) >= 11 is 1.60. The van der Waals surface area contributed by atoms with Gasteiger partial charge in [-0.2, -0.15) is 5.10 Å². The van der Waals surface area contributed by atoms with Crippen molar-refractivity contribution in [1.82, 2.24) is 4.57 Å². The van der Waals surface area contributed by atoms with E-state index in [1.165, 1.54) is 11.1 Å². The second kappa shape index (κ2) is 6.48. The summed E-state index contributed by atoms with van der Waals surface area (Å²) in [4.78, 5) is 0.890. The molecule has 0 amide bonds. The highest BCUT2D eigenvalue weighted by atomic mass is 32.1. The number of aryl methyl sites for hydroxylation is 1. The van der Waals surface area contributed by atoms with Gasteiger partial charge in [0.15, 0.2) is 0 Å². The van der Waals surface area contributed by atoms with Crippen molar-refractivity contribution >= 4 is 17.0 Å². The Bertz CT molecular complexity index is 683. The van der Waals surface area contributed by atoms with Crippen LogP contribution in [0.4, 0.5) is 0 Å². The predicted molar refractivity (Wildman–Crippen MR) is 87.0 cm³/mol. The van der Waals surface area contributed by atoms with Crippen LogP contribution < -0.4 is 4.80 Å². The van der Waals surface area contributed by atoms with Crippen LogP contribution in [0, 0.1) is 6.92 Å². The minimum absolute atomic E-state index is 0.726. The monoisotopic (exact) mass is 285 g/mol. The summed E-state index contributed by atoms with van der Waals surface area (Å²) < 4.78 is 2.13. The number of nitrogens with zero attached hydrogens (tertiary/aromatic N) is 3. The number of benzene rings is 1. The SMILES string of the molecule is C=CCn1c(-c2ccc(C)cc2)cs/c1=N\N=C(C)C. The summed E-state index contributed by atoms with van der Waals surface area (Å²) in [5, 5.41) is 10.6. The van der Waals surface area contributed by atoms with E-state index in [9.17, 15) is 0 Å². The Kier molecular flexibility index (Phi) is 4.69. The molecule has 0 N–H and O–H groups in total. The number of thiazole rings is 1. The molecule has 20 heavy (non-hydrogen) atoms. The Balaban J connectivity index is 2.54. The first kappa shape index (κ1) is 14.5. The highest BCUT2D eigenvalue weighted by molar-refractivity contribution is 7.07. The molecule has 0 unspecified atom stereocenters. The summed E-state index contributed by atoms with van der Waals surface area (Å²) in [5.41, 5.74) is 4.54. The fourth-order valence-corrected chi connectivity index (χ4v) is 2.68. The van der Waals surface area contributed by atoms with E-state index in [1.54, 1.807) is 11.3 Å². The van der Waals surface area contributed by atoms with Crippen LogP contribution in [0.15, 0.2) is 52.5 Å². The first-order valence-corrected chi connectivity index (χ1v) is 7.41. The summed E-state index contributed by atoms with van der Waals surface area (Å²) in [7, 11) is 0. The molecular formula is C16H19N3S. The van der Waals surface area contributed by atoms with Gasteiger partial charge in [-0.05, 0) is 26.3 Å². The lowest BCUT2D eigenvalue weighted by Crippen LogP contribution is -2.14. The van der Waals surface area contributed by atoms with Crippen molar-refractivity contribution < 1.29 is 0 Å². The molecule has 0 fully saturated rings. The number of hydrogen-bond donors (Lipinski definition) is 0. The summed E-state index contributed by atoms with van der Waals surface area (Å²) in [6.45, 7) is 10.5. The van der Waals surface area contributed by atoms with Gasteiger partial charge in [0.05, 0.1) is 5.69 Å². The average molecular weight is 285 g/mol. The molecule has 0 aliphatic carbocycles. The molecule has 0 spiro atoms. The lowest BCUT2D eigenvalue weighted by atomic mass is 10.1. The van der Waals surface area contributed by atoms with E-state index in [-0.39, 0.29) is 0 Å². The quantitative estimate of drug-likeness (QED) is 0.461. The molecule has 0 atom stereocenters. The number of allylic oxidation sites excluding steroid dienone is 1.